The number of aliphatic carboxylic acids is 1. The first-order valence-electron chi connectivity index (χ1n) is 9.16. The highest BCUT2D eigenvalue weighted by atomic mass is 16.6. The van der Waals surface area contributed by atoms with E-state index in [1.54, 1.807) is 20.8 Å². The fourth-order valence-electron chi connectivity index (χ4n) is 3.19. The molecule has 1 unspecified atom stereocenters. The van der Waals surface area contributed by atoms with Crippen LogP contribution in [-0.2, 0) is 9.53 Å². The lowest BCUT2D eigenvalue weighted by molar-refractivity contribution is -0.141. The van der Waals surface area contributed by atoms with E-state index < -0.39 is 29.6 Å². The van der Waals surface area contributed by atoms with Crippen molar-refractivity contribution in [1.29, 1.82) is 0 Å². The SMILES string of the molecule is CC(C)(C)OC(=O)NC(C(=O)O)C1CCC(NC(=O)c2nccnc2N)CC1. The van der Waals surface area contributed by atoms with Gasteiger partial charge >= 0.3 is 12.1 Å². The van der Waals surface area contributed by atoms with Crippen molar-refractivity contribution in [2.24, 2.45) is 5.92 Å². The molecule has 1 saturated carbocycles. The molecular weight excluding hydrogens is 366 g/mol. The summed E-state index contributed by atoms with van der Waals surface area (Å²) in [5.41, 5.74) is 5.02. The van der Waals surface area contributed by atoms with E-state index >= 15 is 0 Å². The predicted molar refractivity (Wildman–Crippen MR) is 100 cm³/mol. The highest BCUT2D eigenvalue weighted by molar-refractivity contribution is 5.96. The Morgan fingerprint density at radius 1 is 1.18 bits per heavy atom. The third-order valence-corrected chi connectivity index (χ3v) is 4.46. The van der Waals surface area contributed by atoms with Crippen LogP contribution in [0.25, 0.3) is 0 Å². The number of carboxylic acids is 1. The third-order valence-electron chi connectivity index (χ3n) is 4.46. The number of hydrogen-bond donors (Lipinski definition) is 4. The second-order valence-electron chi connectivity index (χ2n) is 7.84. The zero-order chi connectivity index (χ0) is 20.9. The van der Waals surface area contributed by atoms with Gasteiger partial charge in [0.1, 0.15) is 11.6 Å². The van der Waals surface area contributed by atoms with Crippen molar-refractivity contribution in [3.63, 3.8) is 0 Å². The average Bonchev–Trinajstić information content (AvgIpc) is 2.59. The molecule has 0 spiro atoms. The van der Waals surface area contributed by atoms with E-state index in [1.165, 1.54) is 12.4 Å². The summed E-state index contributed by atoms with van der Waals surface area (Å²) in [6.07, 6.45) is 4.27. The van der Waals surface area contributed by atoms with Crippen molar-refractivity contribution in [2.75, 3.05) is 5.73 Å². The van der Waals surface area contributed by atoms with Gasteiger partial charge in [-0.1, -0.05) is 0 Å². The Kier molecular flexibility index (Phi) is 6.76. The van der Waals surface area contributed by atoms with Crippen LogP contribution in [0.5, 0.6) is 0 Å². The van der Waals surface area contributed by atoms with Crippen LogP contribution in [0, 0.1) is 5.92 Å². The maximum Gasteiger partial charge on any atom is 0.408 e. The minimum atomic E-state index is -1.11. The normalized spacial score (nSPS) is 20.7. The maximum atomic E-state index is 12.3. The number of anilines is 1. The van der Waals surface area contributed by atoms with E-state index in [0.29, 0.717) is 25.7 Å². The summed E-state index contributed by atoms with van der Waals surface area (Å²) in [4.78, 5) is 43.6. The average molecular weight is 393 g/mol. The first-order valence-corrected chi connectivity index (χ1v) is 9.16. The molecule has 0 saturated heterocycles. The molecule has 0 bridgehead atoms. The summed E-state index contributed by atoms with van der Waals surface area (Å²) in [5, 5.41) is 14.8. The molecule has 0 aromatic carbocycles. The molecule has 10 heteroatoms. The Morgan fingerprint density at radius 3 is 2.32 bits per heavy atom. The van der Waals surface area contributed by atoms with Gasteiger partial charge in [0, 0.05) is 18.4 Å². The smallest absolute Gasteiger partial charge is 0.408 e. The van der Waals surface area contributed by atoms with Crippen molar-refractivity contribution in [3.05, 3.63) is 18.1 Å². The summed E-state index contributed by atoms with van der Waals surface area (Å²) in [7, 11) is 0. The third kappa shape index (κ3) is 6.07. The molecule has 1 aliphatic carbocycles. The minimum absolute atomic E-state index is 0.0567. The topological polar surface area (TPSA) is 157 Å². The molecule has 1 atom stereocenters. The summed E-state index contributed by atoms with van der Waals surface area (Å²) >= 11 is 0. The maximum absolute atomic E-state index is 12.3. The van der Waals surface area contributed by atoms with Gasteiger partial charge in [0.05, 0.1) is 0 Å². The first-order chi connectivity index (χ1) is 13.1. The number of hydrogen-bond acceptors (Lipinski definition) is 7. The molecule has 28 heavy (non-hydrogen) atoms. The van der Waals surface area contributed by atoms with Crippen LogP contribution >= 0.6 is 0 Å². The van der Waals surface area contributed by atoms with E-state index in [2.05, 4.69) is 20.6 Å². The number of nitrogens with one attached hydrogen (secondary N) is 2. The van der Waals surface area contributed by atoms with Crippen LogP contribution in [0.15, 0.2) is 12.4 Å². The minimum Gasteiger partial charge on any atom is -0.480 e. The number of amides is 2. The number of carbonyl (C=O) groups is 3. The lowest BCUT2D eigenvalue weighted by Gasteiger charge is -2.33. The van der Waals surface area contributed by atoms with Crippen LogP contribution in [0.1, 0.15) is 56.9 Å². The number of nitrogen functional groups attached to an aromatic ring is 1. The van der Waals surface area contributed by atoms with Gasteiger partial charge in [0.15, 0.2) is 11.5 Å². The second kappa shape index (κ2) is 8.85. The molecule has 1 heterocycles. The number of alkyl carbamates (subject to hydrolysis) is 1. The quantitative estimate of drug-likeness (QED) is 0.583. The Hall–Kier alpha value is -2.91. The van der Waals surface area contributed by atoms with Crippen LogP contribution in [0.2, 0.25) is 0 Å². The summed E-state index contributed by atoms with van der Waals surface area (Å²) in [5.74, 6) is -1.71. The molecule has 1 fully saturated rings. The summed E-state index contributed by atoms with van der Waals surface area (Å²) in [6.45, 7) is 5.13. The standard InChI is InChI=1S/C18H27N5O5/c1-18(2,3)28-17(27)23-12(16(25)26)10-4-6-11(7-5-10)22-15(24)13-14(19)21-9-8-20-13/h8-12H,4-7H2,1-3H3,(H2,19,21)(H,22,24)(H,23,27)(H,25,26). The lowest BCUT2D eigenvalue weighted by atomic mass is 9.81. The molecular formula is C18H27N5O5. The molecule has 2 rings (SSSR count). The number of carboxylic acid groups (broad SMARTS) is 1. The Labute approximate surface area is 163 Å². The second-order valence-corrected chi connectivity index (χ2v) is 7.84. The van der Waals surface area contributed by atoms with Crippen LogP contribution < -0.4 is 16.4 Å². The lowest BCUT2D eigenvalue weighted by Crippen LogP contribution is -2.49. The van der Waals surface area contributed by atoms with Crippen LogP contribution in [-0.4, -0.2) is 50.7 Å². The Morgan fingerprint density at radius 2 is 1.79 bits per heavy atom. The Balaban J connectivity index is 1.90. The van der Waals surface area contributed by atoms with Crippen LogP contribution in [0.3, 0.4) is 0 Å². The molecule has 154 valence electrons. The molecule has 1 aliphatic rings. The zero-order valence-electron chi connectivity index (χ0n) is 16.3. The van der Waals surface area contributed by atoms with Crippen molar-refractivity contribution in [2.45, 2.75) is 64.1 Å². The van der Waals surface area contributed by atoms with Crippen LogP contribution in [0.4, 0.5) is 10.6 Å². The predicted octanol–water partition coefficient (Wildman–Crippen LogP) is 1.33. The molecule has 0 aliphatic heterocycles. The number of nitrogens with two attached hydrogens (primary N) is 1. The number of nitrogens with zero attached hydrogens (tertiary/aromatic N) is 2. The number of ether oxygens (including phenoxy) is 1. The van der Waals surface area contributed by atoms with Gasteiger partial charge in [0.25, 0.3) is 5.91 Å². The number of rotatable bonds is 5. The van der Waals surface area contributed by atoms with Crippen molar-refractivity contribution >= 4 is 23.8 Å². The molecule has 2 amide bonds. The monoisotopic (exact) mass is 393 g/mol. The molecule has 10 nitrogen and oxygen atoms in total. The van der Waals surface area contributed by atoms with E-state index in [4.69, 9.17) is 10.5 Å². The van der Waals surface area contributed by atoms with Gasteiger partial charge in [0.2, 0.25) is 0 Å². The van der Waals surface area contributed by atoms with E-state index in [0.717, 1.165) is 0 Å². The fraction of sp³-hybridized carbons (Fsp3) is 0.611. The fourth-order valence-corrected chi connectivity index (χ4v) is 3.19. The van der Waals surface area contributed by atoms with Gasteiger partial charge in [-0.05, 0) is 52.4 Å². The first kappa shape index (κ1) is 21.4. The van der Waals surface area contributed by atoms with Gasteiger partial charge < -0.3 is 26.2 Å². The van der Waals surface area contributed by atoms with Gasteiger partial charge in [-0.3, -0.25) is 4.79 Å². The largest absolute Gasteiger partial charge is 0.480 e. The summed E-state index contributed by atoms with van der Waals surface area (Å²) in [6, 6.07) is -1.16. The van der Waals surface area contributed by atoms with E-state index in [-0.39, 0.29) is 23.5 Å². The zero-order valence-corrected chi connectivity index (χ0v) is 16.3. The van der Waals surface area contributed by atoms with E-state index in [1.807, 2.05) is 0 Å². The van der Waals surface area contributed by atoms with Crippen molar-refractivity contribution in [1.82, 2.24) is 20.6 Å². The molecule has 1 aromatic rings. The van der Waals surface area contributed by atoms with E-state index in [9.17, 15) is 19.5 Å². The van der Waals surface area contributed by atoms with Gasteiger partial charge in [-0.2, -0.15) is 0 Å². The summed E-state index contributed by atoms with van der Waals surface area (Å²) < 4.78 is 5.15. The number of aromatic nitrogens is 2. The molecule has 0 radical (unpaired) electrons. The van der Waals surface area contributed by atoms with Crippen molar-refractivity contribution < 1.29 is 24.2 Å². The molecule has 1 aromatic heterocycles. The van der Waals surface area contributed by atoms with Crippen molar-refractivity contribution in [3.8, 4) is 0 Å². The Bertz CT molecular complexity index is 725. The highest BCUT2D eigenvalue weighted by Crippen LogP contribution is 2.28. The molecule has 5 N–H and O–H groups in total. The van der Waals surface area contributed by atoms with Gasteiger partial charge in [-0.25, -0.2) is 19.6 Å². The highest BCUT2D eigenvalue weighted by Gasteiger charge is 2.34. The number of carbonyl (C=O) groups excluding carboxylic acids is 2. The van der Waals surface area contributed by atoms with Gasteiger partial charge in [-0.15, -0.1) is 0 Å².